The highest BCUT2D eigenvalue weighted by Crippen LogP contribution is 2.43. The summed E-state index contributed by atoms with van der Waals surface area (Å²) >= 11 is 0. The fourth-order valence-corrected chi connectivity index (χ4v) is 4.93. The summed E-state index contributed by atoms with van der Waals surface area (Å²) < 4.78 is 34.3. The summed E-state index contributed by atoms with van der Waals surface area (Å²) in [5.74, 6) is -0.341. The van der Waals surface area contributed by atoms with Crippen molar-refractivity contribution in [1.29, 1.82) is 0 Å². The van der Waals surface area contributed by atoms with E-state index in [0.717, 1.165) is 32.1 Å². The molecule has 0 aliphatic rings. The molecule has 244 valence electrons. The molecule has 2 atom stereocenters. The summed E-state index contributed by atoms with van der Waals surface area (Å²) in [5, 5.41) is 0. The molecule has 0 aliphatic carbocycles. The Labute approximate surface area is 252 Å². The number of ether oxygens (including phenoxy) is 2. The number of rotatable bonds is 30. The van der Waals surface area contributed by atoms with Crippen LogP contribution in [0.5, 0.6) is 0 Å². The topological polar surface area (TPSA) is 91.3 Å². The average Bonchev–Trinajstić information content (AvgIpc) is 2.90. The molecular formula is C32H65NO7P+. The van der Waals surface area contributed by atoms with Gasteiger partial charge >= 0.3 is 13.8 Å². The van der Waals surface area contributed by atoms with Crippen molar-refractivity contribution in [3.05, 3.63) is 12.2 Å². The number of carbonyl (C=O) groups is 1. The highest BCUT2D eigenvalue weighted by molar-refractivity contribution is 7.47. The minimum Gasteiger partial charge on any atom is -0.457 e. The van der Waals surface area contributed by atoms with E-state index in [-0.39, 0.29) is 25.8 Å². The SMILES string of the molecule is CCCCCCCC/C=C\CCCCCCCCOCC(COP(=O)(O)OCC[N+](C)(C)C)OC(=O)CCCCC. The van der Waals surface area contributed by atoms with E-state index in [0.29, 0.717) is 24.1 Å². The van der Waals surface area contributed by atoms with Gasteiger partial charge in [0, 0.05) is 13.0 Å². The van der Waals surface area contributed by atoms with Crippen molar-refractivity contribution < 1.29 is 37.3 Å². The summed E-state index contributed by atoms with van der Waals surface area (Å²) in [6.07, 6.45) is 24.5. The van der Waals surface area contributed by atoms with Gasteiger partial charge < -0.3 is 18.9 Å². The quantitative estimate of drug-likeness (QED) is 0.0289. The highest BCUT2D eigenvalue weighted by Gasteiger charge is 2.26. The van der Waals surface area contributed by atoms with Crippen LogP contribution in [0, 0.1) is 0 Å². The summed E-state index contributed by atoms with van der Waals surface area (Å²) in [7, 11) is 1.66. The number of quaternary nitrogens is 1. The van der Waals surface area contributed by atoms with Gasteiger partial charge in [-0.2, -0.15) is 0 Å². The Hall–Kier alpha value is -0.760. The Bertz CT molecular complexity index is 681. The smallest absolute Gasteiger partial charge is 0.457 e. The minimum atomic E-state index is -4.24. The zero-order chi connectivity index (χ0) is 30.7. The molecule has 9 heteroatoms. The second kappa shape index (κ2) is 26.8. The number of carbonyl (C=O) groups excluding carboxylic acids is 1. The first-order chi connectivity index (χ1) is 19.6. The molecule has 0 saturated carbocycles. The van der Waals surface area contributed by atoms with Crippen LogP contribution in [0.2, 0.25) is 0 Å². The lowest BCUT2D eigenvalue weighted by molar-refractivity contribution is -0.870. The Morgan fingerprint density at radius 3 is 1.85 bits per heavy atom. The second-order valence-corrected chi connectivity index (χ2v) is 13.6. The zero-order valence-corrected chi connectivity index (χ0v) is 28.2. The average molecular weight is 607 g/mol. The fraction of sp³-hybridized carbons (Fsp3) is 0.906. The Kier molecular flexibility index (Phi) is 26.3. The first-order valence-corrected chi connectivity index (χ1v) is 17.9. The van der Waals surface area contributed by atoms with Crippen molar-refractivity contribution in [3.63, 3.8) is 0 Å². The Balaban J connectivity index is 4.08. The Morgan fingerprint density at radius 1 is 0.732 bits per heavy atom. The van der Waals surface area contributed by atoms with E-state index in [9.17, 15) is 14.3 Å². The summed E-state index contributed by atoms with van der Waals surface area (Å²) in [4.78, 5) is 22.2. The molecule has 8 nitrogen and oxygen atoms in total. The molecule has 41 heavy (non-hydrogen) atoms. The maximum absolute atomic E-state index is 12.3. The van der Waals surface area contributed by atoms with Gasteiger partial charge in [0.25, 0.3) is 0 Å². The van der Waals surface area contributed by atoms with E-state index in [1.165, 1.54) is 77.0 Å². The molecule has 0 aromatic rings. The van der Waals surface area contributed by atoms with Crippen molar-refractivity contribution in [2.24, 2.45) is 0 Å². The van der Waals surface area contributed by atoms with E-state index >= 15 is 0 Å². The van der Waals surface area contributed by atoms with Crippen LogP contribution >= 0.6 is 7.82 Å². The lowest BCUT2D eigenvalue weighted by Gasteiger charge is -2.24. The van der Waals surface area contributed by atoms with Crippen LogP contribution in [0.25, 0.3) is 0 Å². The van der Waals surface area contributed by atoms with Gasteiger partial charge in [-0.1, -0.05) is 96.6 Å². The highest BCUT2D eigenvalue weighted by atomic mass is 31.2. The molecular weight excluding hydrogens is 541 g/mol. The molecule has 0 saturated heterocycles. The third kappa shape index (κ3) is 30.5. The molecule has 0 fully saturated rings. The third-order valence-electron chi connectivity index (χ3n) is 6.83. The minimum absolute atomic E-state index is 0.0885. The molecule has 0 rings (SSSR count). The predicted molar refractivity (Wildman–Crippen MR) is 169 cm³/mol. The van der Waals surface area contributed by atoms with Crippen LogP contribution in [0.4, 0.5) is 0 Å². The molecule has 2 unspecified atom stereocenters. The molecule has 0 aromatic heterocycles. The zero-order valence-electron chi connectivity index (χ0n) is 27.3. The number of hydrogen-bond acceptors (Lipinski definition) is 6. The monoisotopic (exact) mass is 606 g/mol. The van der Waals surface area contributed by atoms with Gasteiger partial charge in [-0.15, -0.1) is 0 Å². The van der Waals surface area contributed by atoms with Gasteiger partial charge in [-0.05, 0) is 38.5 Å². The van der Waals surface area contributed by atoms with Gasteiger partial charge in [0.2, 0.25) is 0 Å². The molecule has 0 amide bonds. The maximum atomic E-state index is 12.3. The van der Waals surface area contributed by atoms with E-state index in [1.54, 1.807) is 0 Å². The lowest BCUT2D eigenvalue weighted by atomic mass is 10.1. The molecule has 0 aromatic carbocycles. The summed E-state index contributed by atoms with van der Waals surface area (Å²) in [6.45, 7) is 5.42. The van der Waals surface area contributed by atoms with Crippen molar-refractivity contribution >= 4 is 13.8 Å². The number of phosphoric ester groups is 1. The number of esters is 1. The largest absolute Gasteiger partial charge is 0.472 e. The molecule has 0 spiro atoms. The van der Waals surface area contributed by atoms with Crippen molar-refractivity contribution in [3.8, 4) is 0 Å². The normalized spacial score (nSPS) is 14.4. The molecule has 0 bridgehead atoms. The number of unbranched alkanes of at least 4 members (excludes halogenated alkanes) is 14. The van der Waals surface area contributed by atoms with Crippen LogP contribution in [0.3, 0.4) is 0 Å². The molecule has 0 radical (unpaired) electrons. The van der Waals surface area contributed by atoms with E-state index < -0.39 is 13.9 Å². The van der Waals surface area contributed by atoms with Crippen LogP contribution in [0.1, 0.15) is 129 Å². The van der Waals surface area contributed by atoms with Gasteiger partial charge in [0.05, 0.1) is 34.4 Å². The van der Waals surface area contributed by atoms with Gasteiger partial charge in [-0.3, -0.25) is 13.8 Å². The fourth-order valence-electron chi connectivity index (χ4n) is 4.19. The van der Waals surface area contributed by atoms with E-state index in [2.05, 4.69) is 26.0 Å². The molecule has 0 aliphatic heterocycles. The van der Waals surface area contributed by atoms with Crippen molar-refractivity contribution in [1.82, 2.24) is 0 Å². The van der Waals surface area contributed by atoms with E-state index in [4.69, 9.17) is 18.5 Å². The Morgan fingerprint density at radius 2 is 1.27 bits per heavy atom. The first-order valence-electron chi connectivity index (χ1n) is 16.4. The standard InChI is InChI=1S/C32H64NO7P/c1-6-8-10-11-12-13-14-15-16-17-18-19-20-21-22-24-27-37-29-31(40-32(34)25-23-9-7-2)30-39-41(35,36)38-28-26-33(3,4)5/h15-16,31H,6-14,17-30H2,1-5H3/p+1/b16-15-. The number of hydrogen-bond donors (Lipinski definition) is 1. The van der Waals surface area contributed by atoms with Crippen LogP contribution < -0.4 is 0 Å². The maximum Gasteiger partial charge on any atom is 0.472 e. The van der Waals surface area contributed by atoms with Gasteiger partial charge in [0.1, 0.15) is 19.3 Å². The number of allylic oxidation sites excluding steroid dienone is 2. The first kappa shape index (κ1) is 40.2. The van der Waals surface area contributed by atoms with E-state index in [1.807, 2.05) is 21.1 Å². The van der Waals surface area contributed by atoms with Crippen LogP contribution in [0.15, 0.2) is 12.2 Å². The predicted octanol–water partition coefficient (Wildman–Crippen LogP) is 8.37. The van der Waals surface area contributed by atoms with Crippen LogP contribution in [-0.2, 0) is 27.9 Å². The summed E-state index contributed by atoms with van der Waals surface area (Å²) in [6, 6.07) is 0. The lowest BCUT2D eigenvalue weighted by Crippen LogP contribution is -2.37. The number of likely N-dealkylation sites (N-methyl/N-ethyl adjacent to an activating group) is 1. The summed E-state index contributed by atoms with van der Waals surface area (Å²) in [5.41, 5.74) is 0. The van der Waals surface area contributed by atoms with Crippen molar-refractivity contribution in [2.45, 2.75) is 136 Å². The van der Waals surface area contributed by atoms with Gasteiger partial charge in [-0.25, -0.2) is 4.57 Å². The second-order valence-electron chi connectivity index (χ2n) is 12.2. The number of phosphoric acid groups is 1. The number of nitrogens with zero attached hydrogens (tertiary/aromatic N) is 1. The van der Waals surface area contributed by atoms with Gasteiger partial charge in [0.15, 0.2) is 0 Å². The molecule has 0 heterocycles. The molecule has 1 N–H and O–H groups in total. The third-order valence-corrected chi connectivity index (χ3v) is 7.81. The van der Waals surface area contributed by atoms with Crippen molar-refractivity contribution in [2.75, 3.05) is 54.1 Å². The van der Waals surface area contributed by atoms with Crippen LogP contribution in [-0.4, -0.2) is 75.6 Å².